The summed E-state index contributed by atoms with van der Waals surface area (Å²) in [6.45, 7) is 0.0121. The predicted molar refractivity (Wildman–Crippen MR) is 133 cm³/mol. The highest BCUT2D eigenvalue weighted by Crippen LogP contribution is 2.35. The molecule has 3 heterocycles. The largest absolute Gasteiger partial charge is 0.489 e. The second kappa shape index (κ2) is 9.43. The Morgan fingerprint density at radius 1 is 0.842 bits per heavy atom. The van der Waals surface area contributed by atoms with Gasteiger partial charge in [-0.15, -0.1) is 10.2 Å². The number of halogens is 3. The lowest BCUT2D eigenvalue weighted by Gasteiger charge is -2.13. The summed E-state index contributed by atoms with van der Waals surface area (Å²) in [7, 11) is 0. The molecule has 8 nitrogen and oxygen atoms in total. The van der Waals surface area contributed by atoms with Gasteiger partial charge in [-0.2, -0.15) is 23.5 Å². The number of tetrazole rings is 1. The number of hydrogen-bond donors (Lipinski definition) is 1. The van der Waals surface area contributed by atoms with Crippen molar-refractivity contribution in [3.05, 3.63) is 102 Å². The quantitative estimate of drug-likeness (QED) is 0.301. The lowest BCUT2D eigenvalue weighted by Crippen LogP contribution is -2.06. The number of ether oxygens (including phenoxy) is 1. The van der Waals surface area contributed by atoms with Crippen LogP contribution >= 0.6 is 0 Å². The fourth-order valence-corrected chi connectivity index (χ4v) is 4.18. The molecule has 3 aromatic carbocycles. The van der Waals surface area contributed by atoms with Gasteiger partial charge in [-0.05, 0) is 40.6 Å². The lowest BCUT2D eigenvalue weighted by atomic mass is 10.0. The van der Waals surface area contributed by atoms with E-state index >= 15 is 0 Å². The molecule has 0 spiro atoms. The first-order valence-electron chi connectivity index (χ1n) is 11.5. The Bertz CT molecular complexity index is 1700. The molecule has 0 saturated carbocycles. The number of nitrogens with zero attached hydrogens (tertiary/aromatic N) is 6. The van der Waals surface area contributed by atoms with Gasteiger partial charge in [-0.1, -0.05) is 54.6 Å². The molecule has 38 heavy (non-hydrogen) atoms. The standard InChI is InChI=1S/C27H18F3N7O/c28-27(29,30)20-8-4-5-17(13-20)16-38-21-11-9-18(10-12-21)22-14-31-26-23(25-33-35-36-34-25)15-32-37(26)24(22)19-6-2-1-3-7-19/h1-15H,16H2,(H,33,34,35,36). The van der Waals surface area contributed by atoms with E-state index in [9.17, 15) is 13.2 Å². The average Bonchev–Trinajstić information content (AvgIpc) is 3.62. The van der Waals surface area contributed by atoms with Gasteiger partial charge in [0.15, 0.2) is 5.65 Å². The summed E-state index contributed by atoms with van der Waals surface area (Å²) in [5.74, 6) is 0.918. The van der Waals surface area contributed by atoms with E-state index < -0.39 is 11.7 Å². The van der Waals surface area contributed by atoms with Crippen LogP contribution in [0.4, 0.5) is 13.2 Å². The number of aromatic nitrogens is 7. The Morgan fingerprint density at radius 3 is 2.39 bits per heavy atom. The van der Waals surface area contributed by atoms with Crippen LogP contribution in [0.5, 0.6) is 5.75 Å². The molecule has 6 aromatic rings. The van der Waals surface area contributed by atoms with Crippen LogP contribution in [0.3, 0.4) is 0 Å². The Balaban J connectivity index is 1.33. The maximum absolute atomic E-state index is 13.0. The van der Waals surface area contributed by atoms with Crippen LogP contribution in [0.15, 0.2) is 91.3 Å². The minimum Gasteiger partial charge on any atom is -0.489 e. The predicted octanol–water partition coefficient (Wildman–Crippen LogP) is 5.84. The molecular weight excluding hydrogens is 495 g/mol. The van der Waals surface area contributed by atoms with Gasteiger partial charge in [0.1, 0.15) is 12.4 Å². The first kappa shape index (κ1) is 23.3. The third-order valence-corrected chi connectivity index (χ3v) is 5.99. The Labute approximate surface area is 213 Å². The van der Waals surface area contributed by atoms with Gasteiger partial charge in [0, 0.05) is 17.3 Å². The van der Waals surface area contributed by atoms with Gasteiger partial charge in [-0.25, -0.2) is 9.50 Å². The summed E-state index contributed by atoms with van der Waals surface area (Å²) < 4.78 is 46.5. The van der Waals surface area contributed by atoms with E-state index in [2.05, 4.69) is 30.7 Å². The zero-order valence-electron chi connectivity index (χ0n) is 19.6. The summed E-state index contributed by atoms with van der Waals surface area (Å²) >= 11 is 0. The number of benzene rings is 3. The first-order valence-corrected chi connectivity index (χ1v) is 11.5. The van der Waals surface area contributed by atoms with Crippen molar-refractivity contribution in [3.8, 4) is 39.5 Å². The zero-order chi connectivity index (χ0) is 26.1. The van der Waals surface area contributed by atoms with Crippen molar-refractivity contribution in [2.75, 3.05) is 0 Å². The van der Waals surface area contributed by atoms with Crippen LogP contribution in [0.25, 0.3) is 39.4 Å². The second-order valence-electron chi connectivity index (χ2n) is 8.43. The highest BCUT2D eigenvalue weighted by atomic mass is 19.4. The fourth-order valence-electron chi connectivity index (χ4n) is 4.18. The molecule has 0 aliphatic rings. The minimum absolute atomic E-state index is 0.0121. The first-order chi connectivity index (χ1) is 18.5. The number of nitrogens with one attached hydrogen (secondary N) is 1. The molecule has 0 saturated heterocycles. The van der Waals surface area contributed by atoms with E-state index in [0.717, 1.165) is 34.5 Å². The molecule has 3 aromatic heterocycles. The zero-order valence-corrected chi connectivity index (χ0v) is 19.6. The third-order valence-electron chi connectivity index (χ3n) is 5.99. The fraction of sp³-hybridized carbons (Fsp3) is 0.0741. The van der Waals surface area contributed by atoms with Crippen LogP contribution in [-0.4, -0.2) is 35.2 Å². The maximum Gasteiger partial charge on any atom is 0.416 e. The number of hydrogen-bond acceptors (Lipinski definition) is 6. The molecule has 0 radical (unpaired) electrons. The molecule has 11 heteroatoms. The van der Waals surface area contributed by atoms with Gasteiger partial charge in [0.25, 0.3) is 0 Å². The topological polar surface area (TPSA) is 93.9 Å². The molecule has 0 aliphatic heterocycles. The van der Waals surface area contributed by atoms with Crippen molar-refractivity contribution in [1.29, 1.82) is 0 Å². The molecule has 1 N–H and O–H groups in total. The van der Waals surface area contributed by atoms with Crippen LogP contribution in [-0.2, 0) is 12.8 Å². The van der Waals surface area contributed by atoms with Crippen molar-refractivity contribution in [2.45, 2.75) is 12.8 Å². The van der Waals surface area contributed by atoms with E-state index in [1.165, 1.54) is 6.07 Å². The number of aromatic amines is 1. The Hall–Kier alpha value is -5.06. The van der Waals surface area contributed by atoms with Crippen LogP contribution in [0.1, 0.15) is 11.1 Å². The Morgan fingerprint density at radius 2 is 1.66 bits per heavy atom. The molecular formula is C27H18F3N7O. The summed E-state index contributed by atoms with van der Waals surface area (Å²) in [4.78, 5) is 4.64. The van der Waals surface area contributed by atoms with Crippen LogP contribution < -0.4 is 4.74 Å². The second-order valence-corrected chi connectivity index (χ2v) is 8.43. The highest BCUT2D eigenvalue weighted by molar-refractivity contribution is 5.84. The van der Waals surface area contributed by atoms with Crippen molar-refractivity contribution in [2.24, 2.45) is 0 Å². The molecule has 0 aliphatic carbocycles. The van der Waals surface area contributed by atoms with Crippen LogP contribution in [0, 0.1) is 0 Å². The third kappa shape index (κ3) is 4.45. The van der Waals surface area contributed by atoms with Gasteiger partial charge in [0.2, 0.25) is 5.82 Å². The monoisotopic (exact) mass is 513 g/mol. The van der Waals surface area contributed by atoms with E-state index in [0.29, 0.717) is 28.3 Å². The smallest absolute Gasteiger partial charge is 0.416 e. The molecule has 0 bridgehead atoms. The maximum atomic E-state index is 13.0. The van der Waals surface area contributed by atoms with E-state index in [4.69, 9.17) is 4.74 Å². The van der Waals surface area contributed by atoms with Crippen molar-refractivity contribution in [1.82, 2.24) is 35.2 Å². The summed E-state index contributed by atoms with van der Waals surface area (Å²) in [6.07, 6.45) is -0.986. The van der Waals surface area contributed by atoms with E-state index in [-0.39, 0.29) is 6.61 Å². The van der Waals surface area contributed by atoms with Gasteiger partial charge < -0.3 is 4.74 Å². The van der Waals surface area contributed by atoms with Crippen molar-refractivity contribution >= 4 is 5.65 Å². The molecule has 0 amide bonds. The molecule has 0 fully saturated rings. The molecule has 0 atom stereocenters. The molecule has 188 valence electrons. The van der Waals surface area contributed by atoms with Gasteiger partial charge >= 0.3 is 6.18 Å². The number of H-pyrrole nitrogens is 1. The Kier molecular flexibility index (Phi) is 5.79. The SMILES string of the molecule is FC(F)(F)c1cccc(COc2ccc(-c3cnc4c(-c5nn[nH]n5)cnn4c3-c3ccccc3)cc2)c1. The normalized spacial score (nSPS) is 11.7. The van der Waals surface area contributed by atoms with Gasteiger partial charge in [0.05, 0.1) is 23.0 Å². The van der Waals surface area contributed by atoms with Crippen molar-refractivity contribution < 1.29 is 17.9 Å². The highest BCUT2D eigenvalue weighted by Gasteiger charge is 2.30. The average molecular weight is 513 g/mol. The van der Waals surface area contributed by atoms with Crippen LogP contribution in [0.2, 0.25) is 0 Å². The van der Waals surface area contributed by atoms with E-state index in [1.54, 1.807) is 35.1 Å². The summed E-state index contributed by atoms with van der Waals surface area (Å²) in [5.41, 5.74) is 4.39. The van der Waals surface area contributed by atoms with Crippen molar-refractivity contribution in [3.63, 3.8) is 0 Å². The number of alkyl halides is 3. The van der Waals surface area contributed by atoms with E-state index in [1.807, 2.05) is 42.5 Å². The summed E-state index contributed by atoms with van der Waals surface area (Å²) in [6, 6.07) is 22.2. The number of rotatable bonds is 6. The lowest BCUT2D eigenvalue weighted by molar-refractivity contribution is -0.137. The molecule has 0 unspecified atom stereocenters. The minimum atomic E-state index is -4.40. The van der Waals surface area contributed by atoms with Gasteiger partial charge in [-0.3, -0.25) is 0 Å². The number of fused-ring (bicyclic) bond motifs is 1. The summed E-state index contributed by atoms with van der Waals surface area (Å²) in [5, 5.41) is 18.7. The molecule has 6 rings (SSSR count).